The molecule has 0 amide bonds. The maximum absolute atomic E-state index is 13.2. The molecule has 14 heavy (non-hydrogen) atoms. The van der Waals surface area contributed by atoms with Gasteiger partial charge >= 0.3 is 0 Å². The zero-order valence-electron chi connectivity index (χ0n) is 8.20. The summed E-state index contributed by atoms with van der Waals surface area (Å²) in [6.45, 7) is 1.94. The van der Waals surface area contributed by atoms with Crippen LogP contribution in [0.2, 0.25) is 0 Å². The molecule has 0 aromatic heterocycles. The second kappa shape index (κ2) is 3.79. The van der Waals surface area contributed by atoms with Gasteiger partial charge in [0.25, 0.3) is 0 Å². The molecule has 0 fully saturated rings. The fourth-order valence-electron chi connectivity index (χ4n) is 1.85. The quantitative estimate of drug-likeness (QED) is 0.625. The molecule has 72 valence electrons. The van der Waals surface area contributed by atoms with Crippen LogP contribution < -0.4 is 0 Å². The number of benzene rings is 1. The molecular formula is C13H13F. The van der Waals surface area contributed by atoms with Gasteiger partial charge in [0, 0.05) is 12.3 Å². The van der Waals surface area contributed by atoms with E-state index < -0.39 is 0 Å². The van der Waals surface area contributed by atoms with Gasteiger partial charge in [-0.2, -0.15) is 0 Å². The van der Waals surface area contributed by atoms with Crippen molar-refractivity contribution in [3.8, 4) is 0 Å². The Kier molecular flexibility index (Phi) is 2.49. The molecule has 1 heteroatoms. The first-order valence-electron chi connectivity index (χ1n) is 4.85. The van der Waals surface area contributed by atoms with Gasteiger partial charge in [-0.3, -0.25) is 0 Å². The van der Waals surface area contributed by atoms with Gasteiger partial charge in [-0.15, -0.1) is 0 Å². The Morgan fingerprint density at radius 1 is 1.21 bits per heavy atom. The van der Waals surface area contributed by atoms with E-state index in [1.807, 2.05) is 37.3 Å². The molecule has 0 heterocycles. The molecule has 1 atom stereocenters. The van der Waals surface area contributed by atoms with Crippen LogP contribution in [0, 0.1) is 0 Å². The molecule has 1 aliphatic carbocycles. The summed E-state index contributed by atoms with van der Waals surface area (Å²) in [4.78, 5) is 0. The van der Waals surface area contributed by atoms with Crippen molar-refractivity contribution in [3.63, 3.8) is 0 Å². The van der Waals surface area contributed by atoms with Crippen molar-refractivity contribution in [2.45, 2.75) is 19.3 Å². The van der Waals surface area contributed by atoms with Crippen LogP contribution in [0.25, 0.3) is 0 Å². The van der Waals surface area contributed by atoms with Crippen LogP contribution >= 0.6 is 0 Å². The van der Waals surface area contributed by atoms with Crippen LogP contribution in [-0.2, 0) is 0 Å². The minimum atomic E-state index is -0.0150. The Bertz CT molecular complexity index is 373. The lowest BCUT2D eigenvalue weighted by atomic mass is 9.89. The molecule has 2 rings (SSSR count). The van der Waals surface area contributed by atoms with Crippen LogP contribution in [0.5, 0.6) is 0 Å². The minimum Gasteiger partial charge on any atom is -0.212 e. The Balaban J connectivity index is 2.27. The SMILES string of the molecule is CC1=CC(c2ccccc2)CC(F)=C1. The fourth-order valence-corrected chi connectivity index (χ4v) is 1.85. The van der Waals surface area contributed by atoms with Crippen molar-refractivity contribution >= 4 is 0 Å². The molecule has 0 spiro atoms. The van der Waals surface area contributed by atoms with Gasteiger partial charge in [0.15, 0.2) is 0 Å². The van der Waals surface area contributed by atoms with E-state index in [0.717, 1.165) is 5.57 Å². The maximum Gasteiger partial charge on any atom is 0.101 e. The first kappa shape index (κ1) is 9.20. The highest BCUT2D eigenvalue weighted by Gasteiger charge is 2.14. The Morgan fingerprint density at radius 2 is 1.93 bits per heavy atom. The summed E-state index contributed by atoms with van der Waals surface area (Å²) in [7, 11) is 0. The first-order valence-corrected chi connectivity index (χ1v) is 4.85. The van der Waals surface area contributed by atoms with E-state index in [9.17, 15) is 4.39 Å². The third kappa shape index (κ3) is 1.92. The van der Waals surface area contributed by atoms with Crippen molar-refractivity contribution in [2.24, 2.45) is 0 Å². The van der Waals surface area contributed by atoms with Gasteiger partial charge in [0.2, 0.25) is 0 Å². The number of hydrogen-bond acceptors (Lipinski definition) is 0. The van der Waals surface area contributed by atoms with Gasteiger partial charge < -0.3 is 0 Å². The largest absolute Gasteiger partial charge is 0.212 e. The third-order valence-corrected chi connectivity index (χ3v) is 2.49. The summed E-state index contributed by atoms with van der Waals surface area (Å²) in [6.07, 6.45) is 4.24. The molecule has 0 N–H and O–H groups in total. The van der Waals surface area contributed by atoms with Crippen LogP contribution in [0.15, 0.2) is 53.9 Å². The highest BCUT2D eigenvalue weighted by atomic mass is 19.1. The van der Waals surface area contributed by atoms with E-state index in [1.165, 1.54) is 5.56 Å². The second-order valence-corrected chi connectivity index (χ2v) is 3.72. The highest BCUT2D eigenvalue weighted by Crippen LogP contribution is 2.31. The van der Waals surface area contributed by atoms with Crippen molar-refractivity contribution in [2.75, 3.05) is 0 Å². The maximum atomic E-state index is 13.2. The van der Waals surface area contributed by atoms with E-state index in [0.29, 0.717) is 6.42 Å². The van der Waals surface area contributed by atoms with E-state index in [2.05, 4.69) is 6.08 Å². The van der Waals surface area contributed by atoms with Gasteiger partial charge in [-0.25, -0.2) is 4.39 Å². The van der Waals surface area contributed by atoms with Crippen molar-refractivity contribution in [3.05, 3.63) is 59.4 Å². The smallest absolute Gasteiger partial charge is 0.101 e. The Morgan fingerprint density at radius 3 is 2.57 bits per heavy atom. The summed E-state index contributed by atoms with van der Waals surface area (Å²) in [5.41, 5.74) is 2.21. The van der Waals surface area contributed by atoms with Gasteiger partial charge in [0.05, 0.1) is 0 Å². The summed E-state index contributed by atoms with van der Waals surface area (Å²) >= 11 is 0. The van der Waals surface area contributed by atoms with E-state index in [-0.39, 0.29) is 11.7 Å². The third-order valence-electron chi connectivity index (χ3n) is 2.49. The standard InChI is InChI=1S/C13H13F/c1-10-7-12(9-13(14)8-10)11-5-3-2-4-6-11/h2-8,12H,9H2,1H3. The molecule has 1 aliphatic rings. The summed E-state index contributed by atoms with van der Waals surface area (Å²) in [6, 6.07) is 10.1. The molecule has 1 aromatic carbocycles. The molecule has 1 unspecified atom stereocenters. The Labute approximate surface area is 83.8 Å². The zero-order valence-corrected chi connectivity index (χ0v) is 8.20. The molecule has 1 aromatic rings. The lowest BCUT2D eigenvalue weighted by Crippen LogP contribution is -2.00. The van der Waals surface area contributed by atoms with Crippen LogP contribution in [0.1, 0.15) is 24.8 Å². The summed E-state index contributed by atoms with van der Waals surface area (Å²) < 4.78 is 13.2. The summed E-state index contributed by atoms with van der Waals surface area (Å²) in [5, 5.41) is 0. The predicted octanol–water partition coefficient (Wildman–Crippen LogP) is 3.97. The zero-order chi connectivity index (χ0) is 9.97. The number of allylic oxidation sites excluding steroid dienone is 4. The normalized spacial score (nSPS) is 21.4. The van der Waals surface area contributed by atoms with Gasteiger partial charge in [0.1, 0.15) is 5.83 Å². The van der Waals surface area contributed by atoms with Crippen LogP contribution in [0.3, 0.4) is 0 Å². The number of halogens is 1. The van der Waals surface area contributed by atoms with Gasteiger partial charge in [-0.05, 0) is 18.6 Å². The molecule has 0 radical (unpaired) electrons. The number of rotatable bonds is 1. The molecule has 0 bridgehead atoms. The van der Waals surface area contributed by atoms with E-state index >= 15 is 0 Å². The minimum absolute atomic E-state index is 0.0150. The monoisotopic (exact) mass is 188 g/mol. The summed E-state index contributed by atoms with van der Waals surface area (Å²) in [5.74, 6) is 0.194. The van der Waals surface area contributed by atoms with Crippen LogP contribution in [0.4, 0.5) is 4.39 Å². The highest BCUT2D eigenvalue weighted by molar-refractivity contribution is 5.34. The molecular weight excluding hydrogens is 175 g/mol. The first-order chi connectivity index (χ1) is 6.75. The molecule has 0 nitrogen and oxygen atoms in total. The topological polar surface area (TPSA) is 0 Å². The lowest BCUT2D eigenvalue weighted by molar-refractivity contribution is 0.562. The number of hydrogen-bond donors (Lipinski definition) is 0. The molecule has 0 aliphatic heterocycles. The van der Waals surface area contributed by atoms with E-state index in [4.69, 9.17) is 0 Å². The van der Waals surface area contributed by atoms with Crippen LogP contribution in [-0.4, -0.2) is 0 Å². The second-order valence-electron chi connectivity index (χ2n) is 3.72. The van der Waals surface area contributed by atoms with Crippen molar-refractivity contribution < 1.29 is 4.39 Å². The molecule has 0 saturated carbocycles. The predicted molar refractivity (Wildman–Crippen MR) is 56.7 cm³/mol. The van der Waals surface area contributed by atoms with Crippen molar-refractivity contribution in [1.29, 1.82) is 0 Å². The fraction of sp³-hybridized carbons (Fsp3) is 0.231. The average Bonchev–Trinajstić information content (AvgIpc) is 2.18. The van der Waals surface area contributed by atoms with E-state index in [1.54, 1.807) is 6.08 Å². The Hall–Kier alpha value is -1.37. The lowest BCUT2D eigenvalue weighted by Gasteiger charge is -2.16. The average molecular weight is 188 g/mol. The molecule has 0 saturated heterocycles. The van der Waals surface area contributed by atoms with Crippen molar-refractivity contribution in [1.82, 2.24) is 0 Å². The van der Waals surface area contributed by atoms with Gasteiger partial charge in [-0.1, -0.05) is 42.0 Å².